The Kier molecular flexibility index (Phi) is 6.48. The second kappa shape index (κ2) is 10.6. The van der Waals surface area contributed by atoms with E-state index in [1.807, 2.05) is 0 Å². The summed E-state index contributed by atoms with van der Waals surface area (Å²) in [6.07, 6.45) is 0. The van der Waals surface area contributed by atoms with E-state index in [2.05, 4.69) is 181 Å². The van der Waals surface area contributed by atoms with Crippen LogP contribution >= 0.6 is 0 Å². The van der Waals surface area contributed by atoms with Crippen LogP contribution in [0.4, 0.5) is 34.1 Å². The SMILES string of the molecule is Cc1ccc(N(c2ccccc2)c2ccc3c(c2)c2cc(N(c4ccccc4)c4ccc(C)cc4)ccc2n3C)cc1. The zero-order valence-electron chi connectivity index (χ0n) is 24.2. The lowest BCUT2D eigenvalue weighted by Gasteiger charge is -2.26. The highest BCUT2D eigenvalue weighted by molar-refractivity contribution is 6.11. The van der Waals surface area contributed by atoms with Crippen LogP contribution in [-0.4, -0.2) is 4.57 Å². The van der Waals surface area contributed by atoms with E-state index in [0.717, 1.165) is 34.1 Å². The zero-order valence-corrected chi connectivity index (χ0v) is 24.2. The highest BCUT2D eigenvalue weighted by Crippen LogP contribution is 2.41. The normalized spacial score (nSPS) is 11.2. The van der Waals surface area contributed by atoms with E-state index in [4.69, 9.17) is 0 Å². The largest absolute Gasteiger partial charge is 0.344 e. The smallest absolute Gasteiger partial charge is 0.0490 e. The van der Waals surface area contributed by atoms with Gasteiger partial charge >= 0.3 is 0 Å². The number of fused-ring (bicyclic) bond motifs is 3. The molecule has 204 valence electrons. The third-order valence-corrected chi connectivity index (χ3v) is 8.10. The molecule has 0 saturated carbocycles. The van der Waals surface area contributed by atoms with E-state index in [1.165, 1.54) is 32.9 Å². The first-order chi connectivity index (χ1) is 20.6. The van der Waals surface area contributed by atoms with Gasteiger partial charge in [-0.05, 0) is 98.8 Å². The van der Waals surface area contributed by atoms with Gasteiger partial charge < -0.3 is 14.4 Å². The monoisotopic (exact) mass is 543 g/mol. The summed E-state index contributed by atoms with van der Waals surface area (Å²) in [5.41, 5.74) is 11.7. The molecule has 0 amide bonds. The van der Waals surface area contributed by atoms with Crippen LogP contribution in [0.15, 0.2) is 146 Å². The van der Waals surface area contributed by atoms with E-state index in [0.29, 0.717) is 0 Å². The van der Waals surface area contributed by atoms with Crippen molar-refractivity contribution in [1.82, 2.24) is 4.57 Å². The Bertz CT molecular complexity index is 1840. The summed E-state index contributed by atoms with van der Waals surface area (Å²) in [6.45, 7) is 4.26. The minimum Gasteiger partial charge on any atom is -0.344 e. The van der Waals surface area contributed by atoms with Crippen LogP contribution in [0.5, 0.6) is 0 Å². The molecule has 0 spiro atoms. The van der Waals surface area contributed by atoms with Crippen molar-refractivity contribution in [3.8, 4) is 0 Å². The fourth-order valence-corrected chi connectivity index (χ4v) is 5.91. The Balaban J connectivity index is 1.42. The molecule has 0 unspecified atom stereocenters. The molecule has 0 bridgehead atoms. The molecule has 0 N–H and O–H groups in total. The fraction of sp³-hybridized carbons (Fsp3) is 0.0769. The van der Waals surface area contributed by atoms with Gasteiger partial charge in [-0.15, -0.1) is 0 Å². The first kappa shape index (κ1) is 25.7. The van der Waals surface area contributed by atoms with Gasteiger partial charge in [-0.25, -0.2) is 0 Å². The molecule has 1 aromatic heterocycles. The molecule has 0 atom stereocenters. The average molecular weight is 544 g/mol. The quantitative estimate of drug-likeness (QED) is 0.207. The van der Waals surface area contributed by atoms with Gasteiger partial charge in [-0.1, -0.05) is 71.8 Å². The van der Waals surface area contributed by atoms with Gasteiger partial charge in [0.2, 0.25) is 0 Å². The number of hydrogen-bond acceptors (Lipinski definition) is 2. The first-order valence-corrected chi connectivity index (χ1v) is 14.4. The minimum atomic E-state index is 1.13. The third-order valence-electron chi connectivity index (χ3n) is 8.10. The number of aryl methyl sites for hydroxylation is 3. The predicted octanol–water partition coefficient (Wildman–Crippen LogP) is 10.9. The molecule has 3 nitrogen and oxygen atoms in total. The van der Waals surface area contributed by atoms with Crippen LogP contribution in [0.1, 0.15) is 11.1 Å². The lowest BCUT2D eigenvalue weighted by atomic mass is 10.1. The van der Waals surface area contributed by atoms with E-state index in [1.54, 1.807) is 0 Å². The summed E-state index contributed by atoms with van der Waals surface area (Å²) in [7, 11) is 2.16. The molecule has 0 saturated heterocycles. The summed E-state index contributed by atoms with van der Waals surface area (Å²) in [4.78, 5) is 4.67. The van der Waals surface area contributed by atoms with E-state index < -0.39 is 0 Å². The molecule has 0 fully saturated rings. The third kappa shape index (κ3) is 4.59. The number of aromatic nitrogens is 1. The van der Waals surface area contributed by atoms with Gasteiger partial charge in [0.15, 0.2) is 0 Å². The van der Waals surface area contributed by atoms with E-state index >= 15 is 0 Å². The Morgan fingerprint density at radius 2 is 0.714 bits per heavy atom. The maximum atomic E-state index is 2.34. The molecule has 0 radical (unpaired) electrons. The molecule has 42 heavy (non-hydrogen) atoms. The number of anilines is 6. The molecule has 0 aliphatic rings. The molecule has 0 aliphatic carbocycles. The average Bonchev–Trinajstić information content (AvgIpc) is 3.31. The zero-order chi connectivity index (χ0) is 28.6. The predicted molar refractivity (Wildman–Crippen MR) is 179 cm³/mol. The highest BCUT2D eigenvalue weighted by Gasteiger charge is 2.18. The van der Waals surface area contributed by atoms with E-state index in [9.17, 15) is 0 Å². The van der Waals surface area contributed by atoms with Crippen LogP contribution in [0.25, 0.3) is 21.8 Å². The van der Waals surface area contributed by atoms with E-state index in [-0.39, 0.29) is 0 Å². The van der Waals surface area contributed by atoms with Crippen molar-refractivity contribution in [1.29, 1.82) is 0 Å². The number of benzene rings is 6. The Morgan fingerprint density at radius 3 is 1.10 bits per heavy atom. The second-order valence-electron chi connectivity index (χ2n) is 11.0. The van der Waals surface area contributed by atoms with Crippen molar-refractivity contribution in [3.05, 3.63) is 157 Å². The lowest BCUT2D eigenvalue weighted by molar-refractivity contribution is 1.01. The number of para-hydroxylation sites is 2. The second-order valence-corrected chi connectivity index (χ2v) is 11.0. The van der Waals surface area contributed by atoms with Crippen molar-refractivity contribution in [3.63, 3.8) is 0 Å². The van der Waals surface area contributed by atoms with Gasteiger partial charge in [0.05, 0.1) is 0 Å². The standard InChI is InChI=1S/C39H33N3/c1-28-14-18-32(19-15-28)41(30-10-6-4-7-11-30)34-22-24-38-36(26-34)37-27-35(23-25-39(37)40(38)3)42(31-12-8-5-9-13-31)33-20-16-29(2)17-21-33/h4-27H,1-3H3. The van der Waals surface area contributed by atoms with Gasteiger partial charge in [-0.3, -0.25) is 0 Å². The van der Waals surface area contributed by atoms with Gasteiger partial charge in [0, 0.05) is 63.0 Å². The molecule has 6 aromatic carbocycles. The van der Waals surface area contributed by atoms with Gasteiger partial charge in [-0.2, -0.15) is 0 Å². The molecule has 0 aliphatic heterocycles. The highest BCUT2D eigenvalue weighted by atomic mass is 15.1. The molecule has 7 rings (SSSR count). The summed E-state index contributed by atoms with van der Waals surface area (Å²) < 4.78 is 2.30. The summed E-state index contributed by atoms with van der Waals surface area (Å²) in [5, 5.41) is 2.47. The molecule has 7 aromatic rings. The number of rotatable bonds is 6. The van der Waals surface area contributed by atoms with Crippen LogP contribution in [-0.2, 0) is 7.05 Å². The number of nitrogens with zero attached hydrogens (tertiary/aromatic N) is 3. The maximum Gasteiger partial charge on any atom is 0.0490 e. The first-order valence-electron chi connectivity index (χ1n) is 14.4. The van der Waals surface area contributed by atoms with Crippen molar-refractivity contribution in [2.45, 2.75) is 13.8 Å². The lowest BCUT2D eigenvalue weighted by Crippen LogP contribution is -2.10. The molecular formula is C39H33N3. The van der Waals surface area contributed by atoms with Crippen molar-refractivity contribution in [2.24, 2.45) is 7.05 Å². The van der Waals surface area contributed by atoms with Crippen LogP contribution < -0.4 is 9.80 Å². The Hall–Kier alpha value is -5.28. The van der Waals surface area contributed by atoms with Crippen LogP contribution in [0, 0.1) is 13.8 Å². The van der Waals surface area contributed by atoms with Crippen LogP contribution in [0.2, 0.25) is 0 Å². The number of hydrogen-bond donors (Lipinski definition) is 0. The molecular weight excluding hydrogens is 510 g/mol. The Labute approximate surface area is 247 Å². The molecule has 1 heterocycles. The minimum absolute atomic E-state index is 1.13. The summed E-state index contributed by atoms with van der Waals surface area (Å²) >= 11 is 0. The summed E-state index contributed by atoms with van der Waals surface area (Å²) in [6, 6.07) is 52.4. The van der Waals surface area contributed by atoms with Crippen LogP contribution in [0.3, 0.4) is 0 Å². The van der Waals surface area contributed by atoms with Crippen molar-refractivity contribution >= 4 is 55.9 Å². The summed E-state index contributed by atoms with van der Waals surface area (Å²) in [5.74, 6) is 0. The topological polar surface area (TPSA) is 11.4 Å². The Morgan fingerprint density at radius 1 is 0.381 bits per heavy atom. The van der Waals surface area contributed by atoms with Crippen molar-refractivity contribution in [2.75, 3.05) is 9.80 Å². The van der Waals surface area contributed by atoms with Crippen molar-refractivity contribution < 1.29 is 0 Å². The van der Waals surface area contributed by atoms with Gasteiger partial charge in [0.1, 0.15) is 0 Å². The fourth-order valence-electron chi connectivity index (χ4n) is 5.91. The van der Waals surface area contributed by atoms with Gasteiger partial charge in [0.25, 0.3) is 0 Å². The maximum absolute atomic E-state index is 2.34. The molecule has 3 heteroatoms.